The van der Waals surface area contributed by atoms with Crippen molar-refractivity contribution in [2.75, 3.05) is 29.2 Å². The van der Waals surface area contributed by atoms with E-state index in [4.69, 9.17) is 0 Å². The zero-order valence-corrected chi connectivity index (χ0v) is 19.3. The van der Waals surface area contributed by atoms with E-state index in [2.05, 4.69) is 5.32 Å². The predicted molar refractivity (Wildman–Crippen MR) is 133 cm³/mol. The number of carbonyl (C=O) groups excluding carboxylic acids is 2. The Bertz CT molecular complexity index is 1330. The lowest BCUT2D eigenvalue weighted by Gasteiger charge is -2.19. The minimum Gasteiger partial charge on any atom is -0.378 e. The summed E-state index contributed by atoms with van der Waals surface area (Å²) in [6.07, 6.45) is 0. The summed E-state index contributed by atoms with van der Waals surface area (Å²) in [7, 11) is 3.86. The molecule has 2 amide bonds. The third kappa shape index (κ3) is 4.01. The number of nitro benzene ring substituents is 1. The van der Waals surface area contributed by atoms with Crippen molar-refractivity contribution < 1.29 is 14.5 Å². The average Bonchev–Trinajstić information content (AvgIpc) is 3.05. The van der Waals surface area contributed by atoms with E-state index in [1.165, 1.54) is 24.3 Å². The third-order valence-electron chi connectivity index (χ3n) is 5.92. The van der Waals surface area contributed by atoms with Crippen LogP contribution in [0.15, 0.2) is 72.4 Å². The van der Waals surface area contributed by atoms with E-state index >= 15 is 0 Å². The zero-order valence-electron chi connectivity index (χ0n) is 19.3. The molecular formula is C26H24N4O4. The van der Waals surface area contributed by atoms with Gasteiger partial charge in [0.2, 0.25) is 0 Å². The molecule has 0 aromatic heterocycles. The van der Waals surface area contributed by atoms with Gasteiger partial charge < -0.3 is 10.2 Å². The first-order valence-corrected chi connectivity index (χ1v) is 10.7. The van der Waals surface area contributed by atoms with Gasteiger partial charge in [0.05, 0.1) is 16.2 Å². The fourth-order valence-corrected chi connectivity index (χ4v) is 3.85. The number of aryl methyl sites for hydroxylation is 1. The fourth-order valence-electron chi connectivity index (χ4n) is 3.85. The van der Waals surface area contributed by atoms with Crippen LogP contribution < -0.4 is 15.1 Å². The van der Waals surface area contributed by atoms with Gasteiger partial charge in [0.15, 0.2) is 0 Å². The number of amides is 2. The van der Waals surface area contributed by atoms with Crippen molar-refractivity contribution in [2.45, 2.75) is 13.8 Å². The summed E-state index contributed by atoms with van der Waals surface area (Å²) in [4.78, 5) is 40.9. The van der Waals surface area contributed by atoms with Crippen LogP contribution in [0, 0.1) is 24.0 Å². The van der Waals surface area contributed by atoms with Gasteiger partial charge in [-0.25, -0.2) is 4.90 Å². The molecule has 1 heterocycles. The Morgan fingerprint density at radius 3 is 2.12 bits per heavy atom. The number of nitro groups is 1. The van der Waals surface area contributed by atoms with Crippen molar-refractivity contribution in [1.82, 2.24) is 0 Å². The molecular weight excluding hydrogens is 432 g/mol. The van der Waals surface area contributed by atoms with Crippen molar-refractivity contribution in [3.63, 3.8) is 0 Å². The Labute approximate surface area is 197 Å². The van der Waals surface area contributed by atoms with Crippen LogP contribution in [0.4, 0.5) is 22.7 Å². The van der Waals surface area contributed by atoms with Crippen LogP contribution in [0.2, 0.25) is 0 Å². The highest BCUT2D eigenvalue weighted by Crippen LogP contribution is 2.36. The van der Waals surface area contributed by atoms with Gasteiger partial charge in [0.1, 0.15) is 5.70 Å². The van der Waals surface area contributed by atoms with Gasteiger partial charge in [-0.05, 0) is 73.0 Å². The molecule has 8 nitrogen and oxygen atoms in total. The van der Waals surface area contributed by atoms with Crippen molar-refractivity contribution in [3.05, 3.63) is 99.2 Å². The normalized spacial score (nSPS) is 13.5. The maximum Gasteiger partial charge on any atom is 0.282 e. The van der Waals surface area contributed by atoms with Crippen molar-refractivity contribution in [3.8, 4) is 0 Å². The van der Waals surface area contributed by atoms with E-state index < -0.39 is 16.7 Å². The van der Waals surface area contributed by atoms with E-state index in [-0.39, 0.29) is 17.0 Å². The Hall–Kier alpha value is -4.46. The summed E-state index contributed by atoms with van der Waals surface area (Å²) < 4.78 is 0. The van der Waals surface area contributed by atoms with Crippen molar-refractivity contribution in [2.24, 2.45) is 0 Å². The molecule has 8 heteroatoms. The van der Waals surface area contributed by atoms with Gasteiger partial charge in [0, 0.05) is 37.6 Å². The lowest BCUT2D eigenvalue weighted by atomic mass is 10.0. The minimum atomic E-state index is -0.506. The number of benzene rings is 3. The summed E-state index contributed by atoms with van der Waals surface area (Å²) in [6, 6.07) is 18.5. The first-order valence-electron chi connectivity index (χ1n) is 10.7. The largest absolute Gasteiger partial charge is 0.378 e. The molecule has 4 rings (SSSR count). The Balaban J connectivity index is 1.81. The first kappa shape index (κ1) is 22.7. The summed E-state index contributed by atoms with van der Waals surface area (Å²) in [6.45, 7) is 3.78. The quantitative estimate of drug-likeness (QED) is 0.329. The maximum atomic E-state index is 13.6. The molecule has 3 aromatic rings. The Morgan fingerprint density at radius 2 is 1.53 bits per heavy atom. The van der Waals surface area contributed by atoms with E-state index in [9.17, 15) is 19.7 Å². The van der Waals surface area contributed by atoms with Gasteiger partial charge in [-0.3, -0.25) is 19.7 Å². The number of anilines is 3. The topological polar surface area (TPSA) is 95.8 Å². The molecule has 0 fully saturated rings. The zero-order chi connectivity index (χ0) is 24.6. The van der Waals surface area contributed by atoms with Crippen LogP contribution in [-0.2, 0) is 9.59 Å². The molecule has 0 unspecified atom stereocenters. The molecule has 0 spiro atoms. The number of imide groups is 1. The fraction of sp³-hybridized carbons (Fsp3) is 0.154. The van der Waals surface area contributed by atoms with Crippen LogP contribution in [0.3, 0.4) is 0 Å². The molecule has 34 heavy (non-hydrogen) atoms. The molecule has 3 aromatic carbocycles. The molecule has 0 aliphatic carbocycles. The lowest BCUT2D eigenvalue weighted by molar-refractivity contribution is -0.384. The third-order valence-corrected chi connectivity index (χ3v) is 5.92. The predicted octanol–water partition coefficient (Wildman–Crippen LogP) is 4.67. The molecule has 0 saturated carbocycles. The standard InChI is InChI=1S/C26H24N4O4/c1-16-6-5-7-22(17(16)2)29-25(31)23(18-8-12-21(13-9-18)30(33)34)24(26(29)32)27-19-10-14-20(15-11-19)28(3)4/h5-15,27H,1-4H3. The summed E-state index contributed by atoms with van der Waals surface area (Å²) >= 11 is 0. The minimum absolute atomic E-state index is 0.0960. The number of rotatable bonds is 6. The summed E-state index contributed by atoms with van der Waals surface area (Å²) in [5.74, 6) is -0.969. The number of hydrogen-bond acceptors (Lipinski definition) is 6. The number of hydrogen-bond donors (Lipinski definition) is 1. The molecule has 0 atom stereocenters. The van der Waals surface area contributed by atoms with Crippen LogP contribution in [0.5, 0.6) is 0 Å². The number of nitrogens with one attached hydrogen (secondary N) is 1. The van der Waals surface area contributed by atoms with E-state index in [1.54, 1.807) is 12.1 Å². The number of non-ortho nitro benzene ring substituents is 1. The van der Waals surface area contributed by atoms with Crippen LogP contribution in [0.25, 0.3) is 5.57 Å². The number of carbonyl (C=O) groups is 2. The highest BCUT2D eigenvalue weighted by atomic mass is 16.6. The second kappa shape index (κ2) is 8.82. The monoisotopic (exact) mass is 456 g/mol. The van der Waals surface area contributed by atoms with Gasteiger partial charge >= 0.3 is 0 Å². The van der Waals surface area contributed by atoms with Crippen molar-refractivity contribution in [1.29, 1.82) is 0 Å². The molecule has 172 valence electrons. The molecule has 1 aliphatic heterocycles. The number of nitrogens with zero attached hydrogens (tertiary/aromatic N) is 3. The van der Waals surface area contributed by atoms with E-state index in [0.29, 0.717) is 16.9 Å². The molecule has 0 saturated heterocycles. The molecule has 0 radical (unpaired) electrons. The average molecular weight is 457 g/mol. The Kier molecular flexibility index (Phi) is 5.89. The highest BCUT2D eigenvalue weighted by Gasteiger charge is 2.41. The second-order valence-electron chi connectivity index (χ2n) is 8.29. The van der Waals surface area contributed by atoms with E-state index in [0.717, 1.165) is 21.7 Å². The van der Waals surface area contributed by atoms with E-state index in [1.807, 2.05) is 63.2 Å². The molecule has 1 aliphatic rings. The summed E-state index contributed by atoms with van der Waals surface area (Å²) in [5, 5.41) is 14.2. The SMILES string of the molecule is Cc1cccc(N2C(=O)C(Nc3ccc(N(C)C)cc3)=C(c3ccc([N+](=O)[O-])cc3)C2=O)c1C. The molecule has 1 N–H and O–H groups in total. The lowest BCUT2D eigenvalue weighted by Crippen LogP contribution is -2.33. The van der Waals surface area contributed by atoms with Gasteiger partial charge in [-0.15, -0.1) is 0 Å². The van der Waals surface area contributed by atoms with Crippen molar-refractivity contribution >= 4 is 40.1 Å². The smallest absolute Gasteiger partial charge is 0.282 e. The maximum absolute atomic E-state index is 13.6. The summed E-state index contributed by atoms with van der Waals surface area (Å²) in [5.41, 5.74) is 4.53. The molecule has 0 bridgehead atoms. The van der Waals surface area contributed by atoms with Crippen LogP contribution in [0.1, 0.15) is 16.7 Å². The first-order chi connectivity index (χ1) is 16.2. The van der Waals surface area contributed by atoms with Gasteiger partial charge in [-0.2, -0.15) is 0 Å². The van der Waals surface area contributed by atoms with Crippen LogP contribution in [-0.4, -0.2) is 30.8 Å². The van der Waals surface area contributed by atoms with Gasteiger partial charge in [0.25, 0.3) is 17.5 Å². The second-order valence-corrected chi connectivity index (χ2v) is 8.29. The van der Waals surface area contributed by atoms with Gasteiger partial charge in [-0.1, -0.05) is 12.1 Å². The highest BCUT2D eigenvalue weighted by molar-refractivity contribution is 6.46. The van der Waals surface area contributed by atoms with Crippen LogP contribution >= 0.6 is 0 Å². The Morgan fingerprint density at radius 1 is 0.882 bits per heavy atom.